The summed E-state index contributed by atoms with van der Waals surface area (Å²) in [6.07, 6.45) is 0.277. The predicted molar refractivity (Wildman–Crippen MR) is 79.8 cm³/mol. The van der Waals surface area contributed by atoms with Crippen LogP contribution in [0, 0.1) is 11.6 Å². The summed E-state index contributed by atoms with van der Waals surface area (Å²) in [4.78, 5) is 0.935. The number of nitrogens with one attached hydrogen (secondary N) is 1. The summed E-state index contributed by atoms with van der Waals surface area (Å²) in [6, 6.07) is 5.77. The summed E-state index contributed by atoms with van der Waals surface area (Å²) < 4.78 is 28.6. The lowest BCUT2D eigenvalue weighted by molar-refractivity contribution is 0.483. The van der Waals surface area contributed by atoms with Crippen LogP contribution in [0.4, 0.5) is 8.78 Å². The van der Waals surface area contributed by atoms with Gasteiger partial charge >= 0.3 is 0 Å². The highest BCUT2D eigenvalue weighted by Gasteiger charge is 2.18. The maximum absolute atomic E-state index is 13.6. The Labute approximate surface area is 130 Å². The topological polar surface area (TPSA) is 38.0 Å². The fourth-order valence-electron chi connectivity index (χ4n) is 1.70. The average molecular weight is 412 g/mol. The minimum Gasteiger partial charge on any atom is -0.271 e. The summed E-state index contributed by atoms with van der Waals surface area (Å²) in [5, 5.41) is 0. The first kappa shape index (κ1) is 15.1. The Hall–Kier alpha value is -0.340. The van der Waals surface area contributed by atoms with E-state index in [1.807, 2.05) is 6.07 Å². The molecule has 1 unspecified atom stereocenters. The van der Waals surface area contributed by atoms with Gasteiger partial charge in [-0.05, 0) is 56.0 Å². The molecule has 0 saturated heterocycles. The first-order valence-electron chi connectivity index (χ1n) is 5.36. The molecule has 0 radical (unpaired) electrons. The van der Waals surface area contributed by atoms with Crippen LogP contribution in [-0.4, -0.2) is 0 Å². The second kappa shape index (κ2) is 6.41. The molecule has 2 rings (SSSR count). The van der Waals surface area contributed by atoms with Crippen LogP contribution in [-0.2, 0) is 6.42 Å². The van der Waals surface area contributed by atoms with Crippen LogP contribution in [0.25, 0.3) is 0 Å². The van der Waals surface area contributed by atoms with Crippen molar-refractivity contribution in [2.75, 3.05) is 0 Å². The zero-order chi connectivity index (χ0) is 14.0. The van der Waals surface area contributed by atoms with Crippen molar-refractivity contribution < 1.29 is 8.78 Å². The molecule has 2 nitrogen and oxygen atoms in total. The van der Waals surface area contributed by atoms with E-state index in [4.69, 9.17) is 5.84 Å². The zero-order valence-corrected chi connectivity index (χ0v) is 13.6. The fraction of sp³-hybridized carbons (Fsp3) is 0.167. The van der Waals surface area contributed by atoms with Gasteiger partial charge in [-0.15, -0.1) is 11.3 Å². The van der Waals surface area contributed by atoms with Gasteiger partial charge in [-0.1, -0.05) is 12.1 Å². The molecule has 19 heavy (non-hydrogen) atoms. The molecule has 0 aliphatic carbocycles. The van der Waals surface area contributed by atoms with Gasteiger partial charge < -0.3 is 0 Å². The number of halogens is 4. The Bertz CT molecular complexity index is 570. The molecule has 102 valence electrons. The van der Waals surface area contributed by atoms with Crippen molar-refractivity contribution in [1.82, 2.24) is 5.43 Å². The lowest BCUT2D eigenvalue weighted by atomic mass is 10.0. The number of hydrogen-bond donors (Lipinski definition) is 2. The van der Waals surface area contributed by atoms with E-state index in [0.717, 1.165) is 19.2 Å². The Balaban J connectivity index is 2.26. The smallest absolute Gasteiger partial charge is 0.162 e. The number of nitrogens with two attached hydrogens (primary N) is 1. The van der Waals surface area contributed by atoms with Gasteiger partial charge in [0.15, 0.2) is 11.6 Å². The molecule has 2 aromatic rings. The summed E-state index contributed by atoms with van der Waals surface area (Å²) >= 11 is 8.27. The minimum absolute atomic E-state index is 0.274. The maximum Gasteiger partial charge on any atom is 0.162 e. The number of rotatable bonds is 4. The van der Waals surface area contributed by atoms with Crippen molar-refractivity contribution in [3.05, 3.63) is 54.6 Å². The normalized spacial score (nSPS) is 12.7. The molecule has 1 aromatic carbocycles. The molecule has 3 N–H and O–H groups in total. The molecule has 0 saturated carbocycles. The standard InChI is InChI=1S/C12H10Br2F2N2S/c13-7-5-10(19-12(7)14)9(18-17)4-6-2-1-3-8(15)11(6)16/h1-3,5,9,18H,4,17H2. The highest BCUT2D eigenvalue weighted by Crippen LogP contribution is 2.36. The lowest BCUT2D eigenvalue weighted by Gasteiger charge is -2.14. The lowest BCUT2D eigenvalue weighted by Crippen LogP contribution is -2.29. The second-order valence-corrected chi connectivity index (χ2v) is 7.16. The Morgan fingerprint density at radius 2 is 2.05 bits per heavy atom. The molecule has 0 spiro atoms. The number of hydrogen-bond acceptors (Lipinski definition) is 3. The van der Waals surface area contributed by atoms with Gasteiger partial charge in [-0.3, -0.25) is 11.3 Å². The van der Waals surface area contributed by atoms with Gasteiger partial charge in [0.1, 0.15) is 0 Å². The quantitative estimate of drug-likeness (QED) is 0.581. The fourth-order valence-corrected chi connectivity index (χ4v) is 3.85. The molecular formula is C12H10Br2F2N2S. The van der Waals surface area contributed by atoms with Crippen molar-refractivity contribution in [3.63, 3.8) is 0 Å². The Morgan fingerprint density at radius 1 is 1.32 bits per heavy atom. The van der Waals surface area contributed by atoms with E-state index >= 15 is 0 Å². The molecule has 0 fully saturated rings. The summed E-state index contributed by atoms with van der Waals surface area (Å²) in [5.41, 5.74) is 2.93. The van der Waals surface area contributed by atoms with E-state index in [2.05, 4.69) is 37.3 Å². The van der Waals surface area contributed by atoms with Gasteiger partial charge in [0.2, 0.25) is 0 Å². The van der Waals surface area contributed by atoms with Crippen LogP contribution in [0.3, 0.4) is 0 Å². The highest BCUT2D eigenvalue weighted by atomic mass is 79.9. The molecule has 1 heterocycles. The summed E-state index contributed by atoms with van der Waals surface area (Å²) in [5.74, 6) is 3.84. The molecule has 0 aliphatic heterocycles. The van der Waals surface area contributed by atoms with Gasteiger partial charge in [0.05, 0.1) is 9.83 Å². The third-order valence-electron chi connectivity index (χ3n) is 2.66. The molecule has 0 bridgehead atoms. The van der Waals surface area contributed by atoms with Crippen LogP contribution >= 0.6 is 43.2 Å². The maximum atomic E-state index is 13.6. The number of hydrazine groups is 1. The molecular weight excluding hydrogens is 402 g/mol. The summed E-state index contributed by atoms with van der Waals surface area (Å²) in [6.45, 7) is 0. The minimum atomic E-state index is -0.846. The SMILES string of the molecule is NNC(Cc1cccc(F)c1F)c1cc(Br)c(Br)s1. The first-order chi connectivity index (χ1) is 9.02. The van der Waals surface area contributed by atoms with Gasteiger partial charge in [0.25, 0.3) is 0 Å². The monoisotopic (exact) mass is 410 g/mol. The highest BCUT2D eigenvalue weighted by molar-refractivity contribution is 9.13. The van der Waals surface area contributed by atoms with Gasteiger partial charge in [0, 0.05) is 9.35 Å². The third kappa shape index (κ3) is 3.41. The van der Waals surface area contributed by atoms with E-state index < -0.39 is 11.6 Å². The van der Waals surface area contributed by atoms with E-state index in [1.54, 1.807) is 6.07 Å². The van der Waals surface area contributed by atoms with Crippen molar-refractivity contribution >= 4 is 43.2 Å². The molecule has 7 heteroatoms. The van der Waals surface area contributed by atoms with Gasteiger partial charge in [-0.25, -0.2) is 8.78 Å². The van der Waals surface area contributed by atoms with E-state index in [0.29, 0.717) is 5.56 Å². The van der Waals surface area contributed by atoms with E-state index in [9.17, 15) is 8.78 Å². The van der Waals surface area contributed by atoms with E-state index in [-0.39, 0.29) is 12.5 Å². The number of benzene rings is 1. The van der Waals surface area contributed by atoms with Crippen LogP contribution in [0.1, 0.15) is 16.5 Å². The molecule has 1 aromatic heterocycles. The van der Waals surface area contributed by atoms with Crippen LogP contribution in [0.2, 0.25) is 0 Å². The van der Waals surface area contributed by atoms with Crippen LogP contribution in [0.15, 0.2) is 32.5 Å². The van der Waals surface area contributed by atoms with Crippen molar-refractivity contribution in [3.8, 4) is 0 Å². The summed E-state index contributed by atoms with van der Waals surface area (Å²) in [7, 11) is 0. The Morgan fingerprint density at radius 3 is 2.63 bits per heavy atom. The zero-order valence-electron chi connectivity index (χ0n) is 9.59. The predicted octanol–water partition coefficient (Wildman–Crippen LogP) is 4.30. The third-order valence-corrected chi connectivity index (χ3v) is 6.03. The van der Waals surface area contributed by atoms with Crippen molar-refractivity contribution in [1.29, 1.82) is 0 Å². The van der Waals surface area contributed by atoms with Crippen LogP contribution in [0.5, 0.6) is 0 Å². The van der Waals surface area contributed by atoms with Crippen molar-refractivity contribution in [2.24, 2.45) is 5.84 Å². The molecule has 1 atom stereocenters. The average Bonchev–Trinajstić information content (AvgIpc) is 2.71. The molecule has 0 aliphatic rings. The van der Waals surface area contributed by atoms with Crippen molar-refractivity contribution in [2.45, 2.75) is 12.5 Å². The van der Waals surface area contributed by atoms with E-state index in [1.165, 1.54) is 17.4 Å². The largest absolute Gasteiger partial charge is 0.271 e. The first-order valence-corrected chi connectivity index (χ1v) is 7.77. The Kier molecular flexibility index (Phi) is 5.08. The van der Waals surface area contributed by atoms with Crippen LogP contribution < -0.4 is 11.3 Å². The number of thiophene rings is 1. The molecule has 0 amide bonds. The second-order valence-electron chi connectivity index (χ2n) is 3.91. The van der Waals surface area contributed by atoms with Gasteiger partial charge in [-0.2, -0.15) is 0 Å².